The Balaban J connectivity index is 1.93. The van der Waals surface area contributed by atoms with Gasteiger partial charge < -0.3 is 9.64 Å². The molecule has 7 nitrogen and oxygen atoms in total. The molecular formula is C17H23N5O2. The van der Waals surface area contributed by atoms with Gasteiger partial charge in [0.2, 0.25) is 5.88 Å². The van der Waals surface area contributed by atoms with Crippen molar-refractivity contribution in [2.75, 3.05) is 13.7 Å². The van der Waals surface area contributed by atoms with Gasteiger partial charge in [0, 0.05) is 23.9 Å². The zero-order valence-corrected chi connectivity index (χ0v) is 14.4. The number of methoxy groups -OCH3 is 1. The molecule has 0 radical (unpaired) electrons. The zero-order chi connectivity index (χ0) is 17.1. The number of hydrogen-bond acceptors (Lipinski definition) is 5. The highest BCUT2D eigenvalue weighted by atomic mass is 16.5. The van der Waals surface area contributed by atoms with Gasteiger partial charge >= 0.3 is 0 Å². The first kappa shape index (κ1) is 16.4. The fourth-order valence-corrected chi connectivity index (χ4v) is 3.39. The molecule has 1 amide bonds. The van der Waals surface area contributed by atoms with Crippen molar-refractivity contribution < 1.29 is 9.53 Å². The largest absolute Gasteiger partial charge is 0.480 e. The van der Waals surface area contributed by atoms with E-state index in [4.69, 9.17) is 4.74 Å². The number of H-pyrrole nitrogens is 1. The smallest absolute Gasteiger partial charge is 0.274 e. The number of aromatic amines is 1. The maximum absolute atomic E-state index is 13.0. The number of carbonyl (C=O) groups excluding carboxylic acids is 1. The summed E-state index contributed by atoms with van der Waals surface area (Å²) in [4.78, 5) is 15.0. The standard InChI is InChI=1S/C17H23N5O2/c1-11-16(12(2)19-18-11)14-7-5-4-6-10-22(14)17(23)13-8-9-15(24-3)21-20-13/h8-9,14H,4-7,10H2,1-3H3,(H,18,19). The second-order valence-electron chi connectivity index (χ2n) is 6.17. The summed E-state index contributed by atoms with van der Waals surface area (Å²) < 4.78 is 5.01. The van der Waals surface area contributed by atoms with Crippen LogP contribution in [0.25, 0.3) is 0 Å². The fourth-order valence-electron chi connectivity index (χ4n) is 3.39. The lowest BCUT2D eigenvalue weighted by Gasteiger charge is -2.30. The van der Waals surface area contributed by atoms with Crippen molar-refractivity contribution >= 4 is 5.91 Å². The van der Waals surface area contributed by atoms with E-state index in [-0.39, 0.29) is 11.9 Å². The van der Waals surface area contributed by atoms with Crippen LogP contribution in [0.3, 0.4) is 0 Å². The summed E-state index contributed by atoms with van der Waals surface area (Å²) in [6.45, 7) is 4.72. The number of nitrogens with zero attached hydrogens (tertiary/aromatic N) is 4. The number of amides is 1. The van der Waals surface area contributed by atoms with Gasteiger partial charge in [-0.15, -0.1) is 10.2 Å². The average Bonchev–Trinajstić information content (AvgIpc) is 2.80. The minimum absolute atomic E-state index is 0.0302. The first-order valence-electron chi connectivity index (χ1n) is 8.32. The Bertz CT molecular complexity index is 691. The molecule has 0 aromatic carbocycles. The Labute approximate surface area is 141 Å². The van der Waals surface area contributed by atoms with E-state index in [9.17, 15) is 4.79 Å². The minimum atomic E-state index is -0.0861. The normalized spacial score (nSPS) is 18.3. The van der Waals surface area contributed by atoms with Gasteiger partial charge in [-0.05, 0) is 32.8 Å². The molecule has 2 aromatic heterocycles. The highest BCUT2D eigenvalue weighted by molar-refractivity contribution is 5.92. The first-order chi connectivity index (χ1) is 11.6. The third-order valence-electron chi connectivity index (χ3n) is 4.60. The van der Waals surface area contributed by atoms with Gasteiger partial charge in [-0.3, -0.25) is 9.89 Å². The van der Waals surface area contributed by atoms with Crippen molar-refractivity contribution in [2.45, 2.75) is 45.6 Å². The van der Waals surface area contributed by atoms with Crippen LogP contribution in [0.4, 0.5) is 0 Å². The molecule has 1 atom stereocenters. The van der Waals surface area contributed by atoms with Crippen LogP contribution in [-0.2, 0) is 0 Å². The summed E-state index contributed by atoms with van der Waals surface area (Å²) in [6, 6.07) is 3.37. The predicted molar refractivity (Wildman–Crippen MR) is 88.9 cm³/mol. The third-order valence-corrected chi connectivity index (χ3v) is 4.60. The van der Waals surface area contributed by atoms with Crippen molar-refractivity contribution in [1.29, 1.82) is 0 Å². The van der Waals surface area contributed by atoms with Gasteiger partial charge in [-0.2, -0.15) is 5.10 Å². The molecule has 2 aromatic rings. The van der Waals surface area contributed by atoms with E-state index in [0.29, 0.717) is 11.6 Å². The Morgan fingerprint density at radius 2 is 2.08 bits per heavy atom. The van der Waals surface area contributed by atoms with Crippen molar-refractivity contribution in [2.24, 2.45) is 0 Å². The van der Waals surface area contributed by atoms with Crippen molar-refractivity contribution in [3.8, 4) is 5.88 Å². The number of ether oxygens (including phenoxy) is 1. The van der Waals surface area contributed by atoms with Crippen molar-refractivity contribution in [1.82, 2.24) is 25.3 Å². The van der Waals surface area contributed by atoms with E-state index >= 15 is 0 Å². The van der Waals surface area contributed by atoms with Crippen LogP contribution in [0.2, 0.25) is 0 Å². The van der Waals surface area contributed by atoms with Crippen LogP contribution in [0, 0.1) is 13.8 Å². The summed E-state index contributed by atoms with van der Waals surface area (Å²) >= 11 is 0. The SMILES string of the molecule is COc1ccc(C(=O)N2CCCCCC2c2c(C)n[nH]c2C)nn1. The average molecular weight is 329 g/mol. The molecule has 1 unspecified atom stereocenters. The van der Waals surface area contributed by atoms with Gasteiger partial charge in [0.25, 0.3) is 5.91 Å². The molecule has 1 aliphatic rings. The molecular weight excluding hydrogens is 306 g/mol. The lowest BCUT2D eigenvalue weighted by atomic mass is 9.98. The number of rotatable bonds is 3. The molecule has 3 heterocycles. The Hall–Kier alpha value is -2.44. The number of aryl methyl sites for hydroxylation is 2. The van der Waals surface area contributed by atoms with Gasteiger partial charge in [0.1, 0.15) is 0 Å². The number of carbonyl (C=O) groups is 1. The number of likely N-dealkylation sites (tertiary alicyclic amines) is 1. The maximum Gasteiger partial charge on any atom is 0.274 e. The molecule has 1 fully saturated rings. The van der Waals surface area contributed by atoms with Gasteiger partial charge in [-0.1, -0.05) is 12.8 Å². The Kier molecular flexibility index (Phi) is 4.78. The van der Waals surface area contributed by atoms with E-state index in [1.54, 1.807) is 12.1 Å². The molecule has 0 aliphatic carbocycles. The number of nitrogens with one attached hydrogen (secondary N) is 1. The van der Waals surface area contributed by atoms with Gasteiger partial charge in [-0.25, -0.2) is 0 Å². The van der Waals surface area contributed by atoms with Crippen LogP contribution in [0.15, 0.2) is 12.1 Å². The zero-order valence-electron chi connectivity index (χ0n) is 14.4. The summed E-state index contributed by atoms with van der Waals surface area (Å²) in [5.41, 5.74) is 3.46. The second-order valence-corrected chi connectivity index (χ2v) is 6.17. The van der Waals surface area contributed by atoms with Crippen LogP contribution < -0.4 is 4.74 Å². The molecule has 1 N–H and O–H groups in total. The molecule has 1 saturated heterocycles. The molecule has 0 bridgehead atoms. The van der Waals surface area contributed by atoms with Crippen LogP contribution >= 0.6 is 0 Å². The van der Waals surface area contributed by atoms with E-state index in [0.717, 1.165) is 49.2 Å². The quantitative estimate of drug-likeness (QED) is 0.935. The third kappa shape index (κ3) is 3.11. The molecule has 0 spiro atoms. The fraction of sp³-hybridized carbons (Fsp3) is 0.529. The highest BCUT2D eigenvalue weighted by Gasteiger charge is 2.31. The van der Waals surface area contributed by atoms with Crippen LogP contribution in [0.5, 0.6) is 5.88 Å². The molecule has 1 aliphatic heterocycles. The van der Waals surface area contributed by atoms with Crippen molar-refractivity contribution in [3.05, 3.63) is 34.8 Å². The molecule has 24 heavy (non-hydrogen) atoms. The summed E-state index contributed by atoms with van der Waals surface area (Å²) in [5, 5.41) is 15.3. The van der Waals surface area contributed by atoms with Gasteiger partial charge in [0.05, 0.1) is 18.8 Å². The summed E-state index contributed by atoms with van der Waals surface area (Å²) in [6.07, 6.45) is 4.18. The summed E-state index contributed by atoms with van der Waals surface area (Å²) in [5.74, 6) is 0.317. The second kappa shape index (κ2) is 6.98. The monoisotopic (exact) mass is 329 g/mol. The molecule has 0 saturated carbocycles. The highest BCUT2D eigenvalue weighted by Crippen LogP contribution is 2.34. The van der Waals surface area contributed by atoms with Crippen LogP contribution in [-0.4, -0.2) is 44.9 Å². The summed E-state index contributed by atoms with van der Waals surface area (Å²) in [7, 11) is 1.53. The lowest BCUT2D eigenvalue weighted by molar-refractivity contribution is 0.0672. The molecule has 3 rings (SSSR count). The minimum Gasteiger partial charge on any atom is -0.480 e. The van der Waals surface area contributed by atoms with E-state index in [1.807, 2.05) is 18.7 Å². The predicted octanol–water partition coefficient (Wildman–Crippen LogP) is 2.58. The number of aromatic nitrogens is 4. The number of hydrogen-bond donors (Lipinski definition) is 1. The van der Waals surface area contributed by atoms with E-state index in [1.165, 1.54) is 7.11 Å². The molecule has 7 heteroatoms. The lowest BCUT2D eigenvalue weighted by Crippen LogP contribution is -2.36. The maximum atomic E-state index is 13.0. The van der Waals surface area contributed by atoms with Crippen molar-refractivity contribution in [3.63, 3.8) is 0 Å². The Morgan fingerprint density at radius 1 is 1.25 bits per heavy atom. The van der Waals surface area contributed by atoms with Crippen LogP contribution in [0.1, 0.15) is 59.2 Å². The van der Waals surface area contributed by atoms with E-state index in [2.05, 4.69) is 20.4 Å². The topological polar surface area (TPSA) is 84.0 Å². The van der Waals surface area contributed by atoms with Gasteiger partial charge in [0.15, 0.2) is 5.69 Å². The first-order valence-corrected chi connectivity index (χ1v) is 8.32. The van der Waals surface area contributed by atoms with E-state index < -0.39 is 0 Å². The Morgan fingerprint density at radius 3 is 2.71 bits per heavy atom. The molecule has 128 valence electrons.